The first-order valence-corrected chi connectivity index (χ1v) is 8.68. The first-order valence-electron chi connectivity index (χ1n) is 8.68. The van der Waals surface area contributed by atoms with E-state index >= 15 is 0 Å². The minimum absolute atomic E-state index is 0.0422. The van der Waals surface area contributed by atoms with Crippen LogP contribution in [0.4, 0.5) is 5.69 Å². The Morgan fingerprint density at radius 1 is 1.17 bits per heavy atom. The summed E-state index contributed by atoms with van der Waals surface area (Å²) in [6, 6.07) is 7.85. The average molecular weight is 310 g/mol. The maximum absolute atomic E-state index is 12.2. The summed E-state index contributed by atoms with van der Waals surface area (Å²) in [7, 11) is 1.78. The van der Waals surface area contributed by atoms with Gasteiger partial charge in [-0.15, -0.1) is 0 Å². The summed E-state index contributed by atoms with van der Waals surface area (Å²) in [5.41, 5.74) is 2.09. The second-order valence-electron chi connectivity index (χ2n) is 6.79. The van der Waals surface area contributed by atoms with E-state index in [2.05, 4.69) is 11.9 Å². The molecule has 0 aliphatic heterocycles. The number of hydrogen-bond acceptors (Lipinski definition) is 2. The maximum Gasteiger partial charge on any atom is 0.258 e. The molecule has 3 heteroatoms. The number of allylic oxidation sites excluding steroid dienone is 1. The maximum atomic E-state index is 12.2. The number of benzene rings is 1. The zero-order chi connectivity index (χ0) is 16.2. The van der Waals surface area contributed by atoms with Gasteiger partial charge in [-0.1, -0.05) is 51.2 Å². The average Bonchev–Trinajstić information content (AvgIpc) is 2.80. The van der Waals surface area contributed by atoms with Crippen LogP contribution in [-0.2, 0) is 7.05 Å². The summed E-state index contributed by atoms with van der Waals surface area (Å²) in [6.45, 7) is 4.23. The standard InChI is InChI=1S/C20H26N2O/c1-15(14-16-8-5-3-4-6-9-16)21-19-11-7-10-18-17(19)12-13-22(2)20(18)23/h7,10-13,16,21H,1,3-6,8-9,14H2,2H3. The number of anilines is 1. The lowest BCUT2D eigenvalue weighted by atomic mass is 9.95. The van der Waals surface area contributed by atoms with Gasteiger partial charge in [0.05, 0.1) is 0 Å². The third-order valence-corrected chi connectivity index (χ3v) is 4.94. The molecular weight excluding hydrogens is 284 g/mol. The van der Waals surface area contributed by atoms with Crippen molar-refractivity contribution in [1.29, 1.82) is 0 Å². The van der Waals surface area contributed by atoms with Crippen LogP contribution in [-0.4, -0.2) is 4.57 Å². The molecule has 23 heavy (non-hydrogen) atoms. The minimum atomic E-state index is 0.0422. The van der Waals surface area contributed by atoms with Gasteiger partial charge in [0.15, 0.2) is 0 Å². The number of hydrogen-bond donors (Lipinski definition) is 1. The molecule has 1 fully saturated rings. The number of nitrogens with one attached hydrogen (secondary N) is 1. The van der Waals surface area contributed by atoms with Gasteiger partial charge in [0.2, 0.25) is 0 Å². The molecule has 1 aliphatic carbocycles. The minimum Gasteiger partial charge on any atom is -0.359 e. The Balaban J connectivity index is 1.77. The predicted molar refractivity (Wildman–Crippen MR) is 97.8 cm³/mol. The molecule has 1 heterocycles. The van der Waals surface area contributed by atoms with Crippen molar-refractivity contribution in [2.24, 2.45) is 13.0 Å². The summed E-state index contributed by atoms with van der Waals surface area (Å²) < 4.78 is 1.62. The predicted octanol–water partition coefficient (Wildman–Crippen LogP) is 4.82. The normalized spacial score (nSPS) is 16.2. The van der Waals surface area contributed by atoms with Crippen LogP contribution in [0.3, 0.4) is 0 Å². The molecule has 0 unspecified atom stereocenters. The molecule has 0 atom stereocenters. The molecule has 3 nitrogen and oxygen atoms in total. The monoisotopic (exact) mass is 310 g/mol. The Hall–Kier alpha value is -2.03. The van der Waals surface area contributed by atoms with Gasteiger partial charge in [-0.25, -0.2) is 0 Å². The van der Waals surface area contributed by atoms with Gasteiger partial charge < -0.3 is 9.88 Å². The highest BCUT2D eigenvalue weighted by atomic mass is 16.1. The fraction of sp³-hybridized carbons (Fsp3) is 0.450. The highest BCUT2D eigenvalue weighted by Crippen LogP contribution is 2.29. The molecule has 2 aromatic rings. The highest BCUT2D eigenvalue weighted by Gasteiger charge is 2.14. The number of rotatable bonds is 4. The molecular formula is C20H26N2O. The van der Waals surface area contributed by atoms with E-state index < -0.39 is 0 Å². The molecule has 122 valence electrons. The van der Waals surface area contributed by atoms with Gasteiger partial charge in [-0.2, -0.15) is 0 Å². The molecule has 1 saturated carbocycles. The first kappa shape index (κ1) is 15.9. The van der Waals surface area contributed by atoms with Gasteiger partial charge in [-0.05, 0) is 30.5 Å². The third kappa shape index (κ3) is 3.66. The Morgan fingerprint density at radius 3 is 2.65 bits per heavy atom. The SMILES string of the molecule is C=C(CC1CCCCCC1)Nc1cccc2c(=O)n(C)ccc12. The number of pyridine rings is 1. The number of nitrogens with zero attached hydrogens (tertiary/aromatic N) is 1. The Labute approximate surface area is 138 Å². The molecule has 1 aliphatic rings. The van der Waals surface area contributed by atoms with Crippen LogP contribution in [0.25, 0.3) is 10.8 Å². The fourth-order valence-electron chi connectivity index (χ4n) is 3.64. The lowest BCUT2D eigenvalue weighted by Gasteiger charge is -2.18. The van der Waals surface area contributed by atoms with E-state index in [0.29, 0.717) is 0 Å². The molecule has 3 rings (SSSR count). The van der Waals surface area contributed by atoms with E-state index in [-0.39, 0.29) is 5.56 Å². The molecule has 0 saturated heterocycles. The van der Waals surface area contributed by atoms with Crippen molar-refractivity contribution in [3.63, 3.8) is 0 Å². The highest BCUT2D eigenvalue weighted by molar-refractivity contribution is 5.93. The van der Waals surface area contributed by atoms with Crippen molar-refractivity contribution in [3.8, 4) is 0 Å². The van der Waals surface area contributed by atoms with E-state index in [4.69, 9.17) is 0 Å². The van der Waals surface area contributed by atoms with E-state index in [1.54, 1.807) is 11.6 Å². The number of fused-ring (bicyclic) bond motifs is 1. The van der Waals surface area contributed by atoms with Crippen molar-refractivity contribution in [2.75, 3.05) is 5.32 Å². The molecule has 0 radical (unpaired) electrons. The fourth-order valence-corrected chi connectivity index (χ4v) is 3.64. The summed E-state index contributed by atoms with van der Waals surface area (Å²) in [5, 5.41) is 5.18. The molecule has 0 bridgehead atoms. The quantitative estimate of drug-likeness (QED) is 0.821. The largest absolute Gasteiger partial charge is 0.359 e. The van der Waals surface area contributed by atoms with E-state index in [9.17, 15) is 4.79 Å². The lowest BCUT2D eigenvalue weighted by Crippen LogP contribution is -2.16. The van der Waals surface area contributed by atoms with Gasteiger partial charge in [0, 0.05) is 35.4 Å². The van der Waals surface area contributed by atoms with Crippen LogP contribution in [0.2, 0.25) is 0 Å². The summed E-state index contributed by atoms with van der Waals surface area (Å²) in [6.07, 6.45) is 10.9. The summed E-state index contributed by atoms with van der Waals surface area (Å²) >= 11 is 0. The van der Waals surface area contributed by atoms with E-state index in [0.717, 1.165) is 34.5 Å². The van der Waals surface area contributed by atoms with Gasteiger partial charge >= 0.3 is 0 Å². The van der Waals surface area contributed by atoms with Crippen molar-refractivity contribution >= 4 is 16.5 Å². The second-order valence-corrected chi connectivity index (χ2v) is 6.79. The third-order valence-electron chi connectivity index (χ3n) is 4.94. The van der Waals surface area contributed by atoms with Crippen molar-refractivity contribution in [3.05, 3.63) is 53.1 Å². The van der Waals surface area contributed by atoms with Crippen LogP contribution in [0, 0.1) is 5.92 Å². The van der Waals surface area contributed by atoms with Crippen LogP contribution in [0.1, 0.15) is 44.9 Å². The smallest absolute Gasteiger partial charge is 0.258 e. The Morgan fingerprint density at radius 2 is 1.91 bits per heavy atom. The van der Waals surface area contributed by atoms with Crippen molar-refractivity contribution in [1.82, 2.24) is 4.57 Å². The van der Waals surface area contributed by atoms with Crippen molar-refractivity contribution < 1.29 is 0 Å². The Bertz CT molecular complexity index is 752. The van der Waals surface area contributed by atoms with Crippen LogP contribution < -0.4 is 10.9 Å². The number of aryl methyl sites for hydroxylation is 1. The first-order chi connectivity index (χ1) is 11.1. The molecule has 0 spiro atoms. The molecule has 0 amide bonds. The van der Waals surface area contributed by atoms with Crippen LogP contribution >= 0.6 is 0 Å². The zero-order valence-corrected chi connectivity index (χ0v) is 14.0. The topological polar surface area (TPSA) is 34.0 Å². The molecule has 1 N–H and O–H groups in total. The van der Waals surface area contributed by atoms with Crippen LogP contribution in [0.5, 0.6) is 0 Å². The second kappa shape index (κ2) is 7.03. The molecule has 1 aromatic carbocycles. The van der Waals surface area contributed by atoms with Gasteiger partial charge in [0.1, 0.15) is 0 Å². The number of aromatic nitrogens is 1. The van der Waals surface area contributed by atoms with E-state index in [1.807, 2.05) is 30.5 Å². The zero-order valence-electron chi connectivity index (χ0n) is 14.0. The Kier molecular flexibility index (Phi) is 4.85. The van der Waals surface area contributed by atoms with E-state index in [1.165, 1.54) is 38.5 Å². The summed E-state index contributed by atoms with van der Waals surface area (Å²) in [5.74, 6) is 0.750. The lowest BCUT2D eigenvalue weighted by molar-refractivity contribution is 0.458. The van der Waals surface area contributed by atoms with Gasteiger partial charge in [0.25, 0.3) is 5.56 Å². The van der Waals surface area contributed by atoms with Gasteiger partial charge in [-0.3, -0.25) is 4.79 Å². The molecule has 1 aromatic heterocycles. The van der Waals surface area contributed by atoms with Crippen LogP contribution in [0.15, 0.2) is 47.5 Å². The van der Waals surface area contributed by atoms with Crippen molar-refractivity contribution in [2.45, 2.75) is 44.9 Å². The summed E-state index contributed by atoms with van der Waals surface area (Å²) in [4.78, 5) is 12.2.